The molecule has 2 amide bonds. The van der Waals surface area contributed by atoms with Gasteiger partial charge >= 0.3 is 0 Å². The highest BCUT2D eigenvalue weighted by atomic mass is 19.1. The Morgan fingerprint density at radius 3 is 2.10 bits per heavy atom. The molecule has 29 heavy (non-hydrogen) atoms. The summed E-state index contributed by atoms with van der Waals surface area (Å²) in [5.41, 5.74) is 4.72. The Morgan fingerprint density at radius 2 is 1.41 bits per heavy atom. The molecule has 0 saturated carbocycles. The van der Waals surface area contributed by atoms with Crippen LogP contribution in [0.5, 0.6) is 0 Å². The van der Waals surface area contributed by atoms with Gasteiger partial charge in [0.2, 0.25) is 0 Å². The van der Waals surface area contributed by atoms with Crippen molar-refractivity contribution in [2.45, 2.75) is 0 Å². The van der Waals surface area contributed by atoms with Crippen LogP contribution < -0.4 is 10.7 Å². The van der Waals surface area contributed by atoms with Gasteiger partial charge in [0.25, 0.3) is 11.8 Å². The van der Waals surface area contributed by atoms with Crippen LogP contribution >= 0.6 is 0 Å². The number of hydrazone groups is 1. The lowest BCUT2D eigenvalue weighted by Crippen LogP contribution is -2.17. The maximum Gasteiger partial charge on any atom is 0.271 e. The molecule has 0 heterocycles. The molecule has 3 aromatic rings. The largest absolute Gasteiger partial charge is 0.322 e. The van der Waals surface area contributed by atoms with Crippen molar-refractivity contribution in [3.05, 3.63) is 107 Å². The monoisotopic (exact) mass is 387 g/mol. The molecule has 2 N–H and O–H groups in total. The number of nitrogens with one attached hydrogen (secondary N) is 2. The lowest BCUT2D eigenvalue weighted by Gasteiger charge is -2.06. The summed E-state index contributed by atoms with van der Waals surface area (Å²) in [5.74, 6) is -1.14. The van der Waals surface area contributed by atoms with E-state index in [1.165, 1.54) is 30.5 Å². The molecule has 0 aliphatic rings. The van der Waals surface area contributed by atoms with Crippen molar-refractivity contribution < 1.29 is 14.0 Å². The molecule has 3 aromatic carbocycles. The number of hydrogen-bond donors (Lipinski definition) is 2. The molecular formula is C23H18FN3O2. The lowest BCUT2D eigenvalue weighted by molar-refractivity contribution is 0.0954. The average molecular weight is 387 g/mol. The van der Waals surface area contributed by atoms with Crippen LogP contribution in [0.3, 0.4) is 0 Å². The second-order valence-electron chi connectivity index (χ2n) is 6.03. The Bertz CT molecular complexity index is 1030. The molecule has 0 aliphatic carbocycles. The van der Waals surface area contributed by atoms with E-state index < -0.39 is 5.82 Å². The molecule has 0 aliphatic heterocycles. The molecule has 3 rings (SSSR count). The molecule has 0 bridgehead atoms. The van der Waals surface area contributed by atoms with Gasteiger partial charge in [0.05, 0.1) is 0 Å². The van der Waals surface area contributed by atoms with E-state index in [4.69, 9.17) is 0 Å². The molecule has 0 radical (unpaired) electrons. The Balaban J connectivity index is 1.52. The van der Waals surface area contributed by atoms with E-state index in [-0.39, 0.29) is 11.8 Å². The smallest absolute Gasteiger partial charge is 0.271 e. The third-order valence-electron chi connectivity index (χ3n) is 3.93. The van der Waals surface area contributed by atoms with Gasteiger partial charge in [-0.15, -0.1) is 0 Å². The summed E-state index contributed by atoms with van der Waals surface area (Å²) in [6.45, 7) is 0. The van der Waals surface area contributed by atoms with Crippen molar-refractivity contribution in [2.75, 3.05) is 5.32 Å². The summed E-state index contributed by atoms with van der Waals surface area (Å²) >= 11 is 0. The second kappa shape index (κ2) is 9.75. The zero-order valence-electron chi connectivity index (χ0n) is 15.4. The number of carbonyl (C=O) groups is 2. The highest BCUT2D eigenvalue weighted by Gasteiger charge is 2.08. The number of halogens is 1. The summed E-state index contributed by atoms with van der Waals surface area (Å²) in [6.07, 6.45) is 5.08. The van der Waals surface area contributed by atoms with Gasteiger partial charge in [-0.2, -0.15) is 5.10 Å². The van der Waals surface area contributed by atoms with Crippen LogP contribution in [0.4, 0.5) is 10.1 Å². The highest BCUT2D eigenvalue weighted by molar-refractivity contribution is 6.04. The van der Waals surface area contributed by atoms with Crippen LogP contribution in [0, 0.1) is 5.82 Å². The van der Waals surface area contributed by atoms with Gasteiger partial charge in [-0.3, -0.25) is 9.59 Å². The zero-order chi connectivity index (χ0) is 20.5. The first-order valence-corrected chi connectivity index (χ1v) is 8.84. The van der Waals surface area contributed by atoms with E-state index in [1.54, 1.807) is 30.3 Å². The van der Waals surface area contributed by atoms with E-state index in [0.29, 0.717) is 16.8 Å². The number of nitrogens with zero attached hydrogens (tertiary/aromatic N) is 1. The highest BCUT2D eigenvalue weighted by Crippen LogP contribution is 2.12. The minimum Gasteiger partial charge on any atom is -0.322 e. The summed E-state index contributed by atoms with van der Waals surface area (Å²) in [6, 6.07) is 21.3. The molecule has 0 saturated heterocycles. The summed E-state index contributed by atoms with van der Waals surface area (Å²) < 4.78 is 12.9. The lowest BCUT2D eigenvalue weighted by atomic mass is 10.1. The van der Waals surface area contributed by atoms with E-state index in [9.17, 15) is 14.0 Å². The Kier molecular flexibility index (Phi) is 6.62. The zero-order valence-corrected chi connectivity index (χ0v) is 15.4. The Labute approximate surface area is 167 Å². The van der Waals surface area contributed by atoms with Gasteiger partial charge in [0.1, 0.15) is 5.82 Å². The van der Waals surface area contributed by atoms with E-state index in [2.05, 4.69) is 15.8 Å². The molecule has 0 fully saturated rings. The normalized spacial score (nSPS) is 10.9. The first kappa shape index (κ1) is 19.7. The van der Waals surface area contributed by atoms with Gasteiger partial charge in [0.15, 0.2) is 0 Å². The number of amides is 2. The van der Waals surface area contributed by atoms with Crippen molar-refractivity contribution in [3.63, 3.8) is 0 Å². The Hall–Kier alpha value is -4.06. The standard InChI is InChI=1S/C23H18FN3O2/c24-20-12-8-18(9-13-20)22(28)26-21-14-10-19(11-15-21)23(29)27-25-16-4-7-17-5-2-1-3-6-17/h1-16H,(H,26,28)(H,27,29)/b7-4+,25-16+. The van der Waals surface area contributed by atoms with Crippen LogP contribution in [-0.2, 0) is 0 Å². The van der Waals surface area contributed by atoms with E-state index >= 15 is 0 Å². The third kappa shape index (κ3) is 5.97. The van der Waals surface area contributed by atoms with Crippen LogP contribution in [0.25, 0.3) is 6.08 Å². The molecule has 144 valence electrons. The van der Waals surface area contributed by atoms with E-state index in [0.717, 1.165) is 5.56 Å². The predicted molar refractivity (Wildman–Crippen MR) is 112 cm³/mol. The quantitative estimate of drug-likeness (QED) is 0.483. The number of allylic oxidation sites excluding steroid dienone is 1. The van der Waals surface area contributed by atoms with Gasteiger partial charge in [-0.25, -0.2) is 9.82 Å². The van der Waals surface area contributed by atoms with Crippen molar-refractivity contribution in [1.82, 2.24) is 5.43 Å². The van der Waals surface area contributed by atoms with E-state index in [1.807, 2.05) is 36.4 Å². The van der Waals surface area contributed by atoms with Crippen molar-refractivity contribution in [1.29, 1.82) is 0 Å². The first-order chi connectivity index (χ1) is 14.1. The number of rotatable bonds is 6. The molecule has 0 spiro atoms. The third-order valence-corrected chi connectivity index (χ3v) is 3.93. The van der Waals surface area contributed by atoms with Crippen LogP contribution in [0.15, 0.2) is 90.0 Å². The molecule has 5 nitrogen and oxygen atoms in total. The minimum atomic E-state index is -0.407. The molecule has 6 heteroatoms. The molecule has 0 atom stereocenters. The van der Waals surface area contributed by atoms with Crippen LogP contribution in [0.1, 0.15) is 26.3 Å². The summed E-state index contributed by atoms with van der Waals surface area (Å²) in [4.78, 5) is 24.2. The fourth-order valence-corrected chi connectivity index (χ4v) is 2.43. The Morgan fingerprint density at radius 1 is 0.793 bits per heavy atom. The number of anilines is 1. The minimum absolute atomic E-state index is 0.339. The predicted octanol–water partition coefficient (Wildman–Crippen LogP) is 4.51. The fourth-order valence-electron chi connectivity index (χ4n) is 2.43. The van der Waals surface area contributed by atoms with Crippen LogP contribution in [-0.4, -0.2) is 18.0 Å². The van der Waals surface area contributed by atoms with Gasteiger partial charge in [-0.05, 0) is 60.2 Å². The second-order valence-corrected chi connectivity index (χ2v) is 6.03. The van der Waals surface area contributed by atoms with Gasteiger partial charge in [0, 0.05) is 23.0 Å². The van der Waals surface area contributed by atoms with Crippen LogP contribution in [0.2, 0.25) is 0 Å². The SMILES string of the molecule is O=C(N/N=C/C=C/c1ccccc1)c1ccc(NC(=O)c2ccc(F)cc2)cc1. The number of carbonyl (C=O) groups excluding carboxylic acids is 2. The van der Waals surface area contributed by atoms with Crippen molar-refractivity contribution in [2.24, 2.45) is 5.10 Å². The maximum absolute atomic E-state index is 12.9. The fraction of sp³-hybridized carbons (Fsp3) is 0. The van der Waals surface area contributed by atoms with Crippen molar-refractivity contribution >= 4 is 29.8 Å². The first-order valence-electron chi connectivity index (χ1n) is 8.84. The molecule has 0 unspecified atom stereocenters. The maximum atomic E-state index is 12.9. The molecule has 0 aromatic heterocycles. The number of hydrogen-bond acceptors (Lipinski definition) is 3. The van der Waals surface area contributed by atoms with Gasteiger partial charge < -0.3 is 5.32 Å². The summed E-state index contributed by atoms with van der Waals surface area (Å²) in [5, 5.41) is 6.56. The van der Waals surface area contributed by atoms with Crippen molar-refractivity contribution in [3.8, 4) is 0 Å². The van der Waals surface area contributed by atoms with Gasteiger partial charge in [-0.1, -0.05) is 36.4 Å². The average Bonchev–Trinajstić information content (AvgIpc) is 2.75. The topological polar surface area (TPSA) is 70.6 Å². The number of benzene rings is 3. The summed E-state index contributed by atoms with van der Waals surface area (Å²) in [7, 11) is 0. The molecular weight excluding hydrogens is 369 g/mol.